The number of allylic oxidation sites excluding steroid dienone is 5. The first-order valence-electron chi connectivity index (χ1n) is 9.47. The molecule has 152 valence electrons. The number of hydrogen-bond donors (Lipinski definition) is 1. The van der Waals surface area contributed by atoms with Crippen LogP contribution < -0.4 is 5.32 Å². The van der Waals surface area contributed by atoms with Gasteiger partial charge in [-0.15, -0.1) is 11.3 Å². The van der Waals surface area contributed by atoms with Crippen LogP contribution in [0.1, 0.15) is 60.5 Å². The van der Waals surface area contributed by atoms with Crippen molar-refractivity contribution in [3.8, 4) is 0 Å². The van der Waals surface area contributed by atoms with Gasteiger partial charge in [-0.25, -0.2) is 9.97 Å². The minimum Gasteiger partial charge on any atom is -0.313 e. The molecule has 0 aromatic carbocycles. The Labute approximate surface area is 176 Å². The van der Waals surface area contributed by atoms with E-state index in [4.69, 9.17) is 0 Å². The maximum absolute atomic E-state index is 12.7. The molecule has 0 unspecified atom stereocenters. The number of nitrogens with zero attached hydrogens (tertiary/aromatic N) is 3. The monoisotopic (exact) mass is 408 g/mol. The van der Waals surface area contributed by atoms with Crippen molar-refractivity contribution in [3.05, 3.63) is 70.5 Å². The third-order valence-corrected chi connectivity index (χ3v) is 5.36. The van der Waals surface area contributed by atoms with Gasteiger partial charge in [0.1, 0.15) is 10.7 Å². The van der Waals surface area contributed by atoms with E-state index in [-0.39, 0.29) is 5.91 Å². The molecule has 0 spiro atoms. The van der Waals surface area contributed by atoms with E-state index < -0.39 is 0 Å². The zero-order valence-electron chi connectivity index (χ0n) is 17.6. The highest BCUT2D eigenvalue weighted by Gasteiger charge is 2.17. The Morgan fingerprint density at radius 3 is 2.55 bits per heavy atom. The molecule has 29 heavy (non-hydrogen) atoms. The molecular weight excluding hydrogens is 380 g/mol. The van der Waals surface area contributed by atoms with E-state index in [2.05, 4.69) is 48.0 Å². The second kappa shape index (κ2) is 9.98. The van der Waals surface area contributed by atoms with Gasteiger partial charge in [-0.2, -0.15) is 0 Å². The molecule has 1 amide bonds. The maximum Gasteiger partial charge on any atom is 0.277 e. The van der Waals surface area contributed by atoms with Crippen LogP contribution in [0.25, 0.3) is 17.7 Å². The summed E-state index contributed by atoms with van der Waals surface area (Å²) >= 11 is 1.44. The Balaban J connectivity index is 2.27. The zero-order valence-corrected chi connectivity index (χ0v) is 18.4. The van der Waals surface area contributed by atoms with E-state index in [1.165, 1.54) is 16.9 Å². The summed E-state index contributed by atoms with van der Waals surface area (Å²) < 4.78 is 1.76. The smallest absolute Gasteiger partial charge is 0.277 e. The first-order valence-corrected chi connectivity index (χ1v) is 10.4. The fraction of sp³-hybridized carbons (Fsp3) is 0.261. The van der Waals surface area contributed by atoms with Gasteiger partial charge in [0.15, 0.2) is 0 Å². The number of carbonyl (C=O) groups is 1. The standard InChI is InChI=1S/C23H28N4OS/c1-8-12-17(15(5)6)13-16(9-2)22-24-19(14-29-22)21(28)26-23-25-18(10-3)20(11-4)27(23)7/h9-11,13-14H,3-5,8,12H2,1-2,6-7H3,(H,25,26,28)/b16-9+,17-13-. The number of thiazole rings is 1. The molecule has 0 radical (unpaired) electrons. The van der Waals surface area contributed by atoms with Gasteiger partial charge in [0.25, 0.3) is 5.91 Å². The van der Waals surface area contributed by atoms with E-state index in [1.54, 1.807) is 22.1 Å². The summed E-state index contributed by atoms with van der Waals surface area (Å²) in [6.07, 6.45) is 9.43. The molecule has 2 rings (SSSR count). The summed E-state index contributed by atoms with van der Waals surface area (Å²) in [4.78, 5) is 21.6. The lowest BCUT2D eigenvalue weighted by atomic mass is 10.0. The zero-order chi connectivity index (χ0) is 21.6. The Kier molecular flexibility index (Phi) is 7.67. The van der Waals surface area contributed by atoms with Crippen LogP contribution in [0.4, 0.5) is 5.95 Å². The molecule has 2 aromatic rings. The molecule has 0 bridgehead atoms. The minimum absolute atomic E-state index is 0.306. The molecule has 2 aromatic heterocycles. The predicted molar refractivity (Wildman–Crippen MR) is 125 cm³/mol. The Bertz CT molecular complexity index is 1000. The van der Waals surface area contributed by atoms with E-state index in [0.717, 1.165) is 34.7 Å². The third-order valence-electron chi connectivity index (χ3n) is 4.47. The van der Waals surface area contributed by atoms with Crippen molar-refractivity contribution in [2.24, 2.45) is 7.05 Å². The van der Waals surface area contributed by atoms with Crippen molar-refractivity contribution < 1.29 is 4.79 Å². The van der Waals surface area contributed by atoms with Crippen LogP contribution >= 0.6 is 11.3 Å². The molecule has 6 heteroatoms. The lowest BCUT2D eigenvalue weighted by Crippen LogP contribution is -2.15. The summed E-state index contributed by atoms with van der Waals surface area (Å²) in [5.74, 6) is 0.118. The number of nitrogens with one attached hydrogen (secondary N) is 1. The van der Waals surface area contributed by atoms with Gasteiger partial charge in [0, 0.05) is 18.0 Å². The molecular formula is C23H28N4OS. The van der Waals surface area contributed by atoms with Gasteiger partial charge in [-0.1, -0.05) is 44.7 Å². The van der Waals surface area contributed by atoms with Gasteiger partial charge < -0.3 is 4.57 Å². The van der Waals surface area contributed by atoms with Crippen LogP contribution in [-0.4, -0.2) is 20.4 Å². The van der Waals surface area contributed by atoms with E-state index in [0.29, 0.717) is 17.3 Å². The SMILES string of the molecule is C=Cc1nc(NC(=O)c2csc(C(/C=C(/CCC)C(=C)C)=C/C)n2)n(C)c1C=C. The fourth-order valence-electron chi connectivity index (χ4n) is 2.85. The summed E-state index contributed by atoms with van der Waals surface area (Å²) in [5, 5.41) is 5.37. The van der Waals surface area contributed by atoms with E-state index in [9.17, 15) is 4.79 Å². The number of carbonyl (C=O) groups excluding carboxylic acids is 1. The van der Waals surface area contributed by atoms with Crippen LogP contribution in [-0.2, 0) is 7.05 Å². The second-order valence-corrected chi connectivity index (χ2v) is 7.47. The largest absolute Gasteiger partial charge is 0.313 e. The van der Waals surface area contributed by atoms with E-state index >= 15 is 0 Å². The Morgan fingerprint density at radius 2 is 2.03 bits per heavy atom. The number of anilines is 1. The summed E-state index contributed by atoms with van der Waals surface area (Å²) in [5.41, 5.74) is 5.05. The summed E-state index contributed by atoms with van der Waals surface area (Å²) in [6.45, 7) is 17.7. The van der Waals surface area contributed by atoms with Gasteiger partial charge in [-0.3, -0.25) is 10.1 Å². The topological polar surface area (TPSA) is 59.8 Å². The van der Waals surface area contributed by atoms with E-state index in [1.807, 2.05) is 27.0 Å². The Hall–Kier alpha value is -2.99. The molecule has 5 nitrogen and oxygen atoms in total. The summed E-state index contributed by atoms with van der Waals surface area (Å²) in [6, 6.07) is 0. The lowest BCUT2D eigenvalue weighted by molar-refractivity contribution is 0.102. The number of imidazole rings is 1. The van der Waals surface area contributed by atoms with Crippen molar-refractivity contribution in [1.29, 1.82) is 0 Å². The highest BCUT2D eigenvalue weighted by atomic mass is 32.1. The predicted octanol–water partition coefficient (Wildman–Crippen LogP) is 6.12. The molecule has 0 fully saturated rings. The number of amides is 1. The molecule has 0 aliphatic heterocycles. The first-order chi connectivity index (χ1) is 13.9. The molecule has 1 N–H and O–H groups in total. The van der Waals surface area contributed by atoms with Crippen molar-refractivity contribution in [2.45, 2.75) is 33.6 Å². The van der Waals surface area contributed by atoms with Gasteiger partial charge >= 0.3 is 0 Å². The number of rotatable bonds is 9. The highest BCUT2D eigenvalue weighted by Crippen LogP contribution is 2.26. The van der Waals surface area contributed by atoms with Gasteiger partial charge in [-0.05, 0) is 44.1 Å². The second-order valence-electron chi connectivity index (χ2n) is 6.61. The first kappa shape index (κ1) is 22.3. The average Bonchev–Trinajstić information content (AvgIpc) is 3.30. The molecule has 2 heterocycles. The number of aromatic nitrogens is 3. The molecule has 0 aliphatic rings. The van der Waals surface area contributed by atoms with Gasteiger partial charge in [0.05, 0.1) is 11.4 Å². The normalized spacial score (nSPS) is 12.0. The fourth-order valence-corrected chi connectivity index (χ4v) is 3.69. The quantitative estimate of drug-likeness (QED) is 0.508. The van der Waals surface area contributed by atoms with Crippen LogP contribution in [0.15, 0.2) is 48.4 Å². The maximum atomic E-state index is 12.7. The van der Waals surface area contributed by atoms with Crippen molar-refractivity contribution >= 4 is 40.9 Å². The van der Waals surface area contributed by atoms with Gasteiger partial charge in [0.2, 0.25) is 5.95 Å². The lowest BCUT2D eigenvalue weighted by Gasteiger charge is -2.06. The minimum atomic E-state index is -0.306. The molecule has 0 saturated carbocycles. The molecule has 0 aliphatic carbocycles. The van der Waals surface area contributed by atoms with Crippen molar-refractivity contribution in [2.75, 3.05) is 5.32 Å². The van der Waals surface area contributed by atoms with Crippen LogP contribution in [0, 0.1) is 0 Å². The van der Waals surface area contributed by atoms with Crippen LogP contribution in [0.3, 0.4) is 0 Å². The summed E-state index contributed by atoms with van der Waals surface area (Å²) in [7, 11) is 1.81. The third kappa shape index (κ3) is 5.09. The van der Waals surface area contributed by atoms with Crippen molar-refractivity contribution in [3.63, 3.8) is 0 Å². The molecule has 0 atom stereocenters. The highest BCUT2D eigenvalue weighted by molar-refractivity contribution is 7.11. The average molecular weight is 409 g/mol. The molecule has 0 saturated heterocycles. The Morgan fingerprint density at radius 1 is 1.31 bits per heavy atom. The van der Waals surface area contributed by atoms with Crippen LogP contribution in [0.2, 0.25) is 0 Å². The number of hydrogen-bond acceptors (Lipinski definition) is 4. The van der Waals surface area contributed by atoms with Crippen molar-refractivity contribution in [1.82, 2.24) is 14.5 Å². The van der Waals surface area contributed by atoms with Crippen LogP contribution in [0.5, 0.6) is 0 Å².